The zero-order valence-electron chi connectivity index (χ0n) is 28.1. The third-order valence-electron chi connectivity index (χ3n) is 8.49. The molecule has 2 aliphatic rings. The molecular weight excluding hydrogens is 629 g/mol. The quantitative estimate of drug-likeness (QED) is 0.287. The predicted molar refractivity (Wildman–Crippen MR) is 185 cm³/mol. The van der Waals surface area contributed by atoms with Gasteiger partial charge in [-0.3, -0.25) is 4.79 Å². The van der Waals surface area contributed by atoms with E-state index >= 15 is 0 Å². The van der Waals surface area contributed by atoms with E-state index in [1.54, 1.807) is 23.1 Å². The molecule has 1 saturated heterocycles. The van der Waals surface area contributed by atoms with Gasteiger partial charge in [0.1, 0.15) is 12.4 Å². The molecule has 0 unspecified atom stereocenters. The molecule has 4 bridgehead atoms. The van der Waals surface area contributed by atoms with Gasteiger partial charge >= 0.3 is 0 Å². The third kappa shape index (κ3) is 7.60. The number of sulfonamides is 1. The summed E-state index contributed by atoms with van der Waals surface area (Å²) in [5, 5.41) is 0. The maximum Gasteiger partial charge on any atom is 0.264 e. The highest BCUT2D eigenvalue weighted by atomic mass is 32.2. The van der Waals surface area contributed by atoms with Crippen molar-refractivity contribution < 1.29 is 22.7 Å². The first-order valence-electron chi connectivity index (χ1n) is 16.2. The Morgan fingerprint density at radius 2 is 1.62 bits per heavy atom. The first-order valence-corrected chi connectivity index (χ1v) is 17.7. The Labute approximate surface area is 282 Å². The first-order chi connectivity index (χ1) is 22.9. The van der Waals surface area contributed by atoms with Crippen molar-refractivity contribution in [1.82, 2.24) is 19.9 Å². The number of nitrogens with zero attached hydrogens (tertiary/aromatic N) is 5. The van der Waals surface area contributed by atoms with Crippen molar-refractivity contribution in [3.05, 3.63) is 89.1 Å². The first kappa shape index (κ1) is 33.4. The molecule has 11 nitrogen and oxygen atoms in total. The summed E-state index contributed by atoms with van der Waals surface area (Å²) in [6.07, 6.45) is 0.597. The van der Waals surface area contributed by atoms with Crippen molar-refractivity contribution in [2.45, 2.75) is 58.5 Å². The van der Waals surface area contributed by atoms with Gasteiger partial charge in [0, 0.05) is 30.3 Å². The number of anilines is 2. The highest BCUT2D eigenvalue weighted by Gasteiger charge is 2.32. The zero-order chi connectivity index (χ0) is 34.1. The number of carbonyl (C=O) groups is 1. The lowest BCUT2D eigenvalue weighted by Crippen LogP contribution is -2.45. The lowest BCUT2D eigenvalue weighted by Gasteiger charge is -2.36. The van der Waals surface area contributed by atoms with Gasteiger partial charge in [-0.05, 0) is 67.1 Å². The van der Waals surface area contributed by atoms with Gasteiger partial charge in [-0.1, -0.05) is 51.1 Å². The van der Waals surface area contributed by atoms with Crippen molar-refractivity contribution in [2.24, 2.45) is 5.41 Å². The Hall–Kier alpha value is -4.55. The van der Waals surface area contributed by atoms with Gasteiger partial charge in [0.05, 0.1) is 42.1 Å². The molecular formula is C36H42N6O5S. The number of pyridine rings is 1. The summed E-state index contributed by atoms with van der Waals surface area (Å²) in [6, 6.07) is 19.1. The zero-order valence-corrected chi connectivity index (χ0v) is 28.9. The fraction of sp³-hybridized carbons (Fsp3) is 0.389. The Morgan fingerprint density at radius 3 is 2.35 bits per heavy atom. The van der Waals surface area contributed by atoms with E-state index in [0.29, 0.717) is 31.0 Å². The molecule has 2 aromatic heterocycles. The van der Waals surface area contributed by atoms with Crippen LogP contribution in [0.4, 0.5) is 11.8 Å². The number of amides is 1. The van der Waals surface area contributed by atoms with Crippen LogP contribution in [-0.4, -0.2) is 73.1 Å². The SMILES string of the molecule is Cc1cccc(C)c1-c1cc2nc(n1)NS(=O)(=O)c1cccc(c1)C(=O)N(Cc1cccc(N3CCOCC3)n1)[C@H](CC(C)(C)C)CO2. The average Bonchev–Trinajstić information content (AvgIpc) is 3.05. The summed E-state index contributed by atoms with van der Waals surface area (Å²) in [6.45, 7) is 13.4. The number of rotatable bonds is 5. The minimum Gasteiger partial charge on any atom is -0.475 e. The van der Waals surface area contributed by atoms with Gasteiger partial charge in [-0.25, -0.2) is 23.1 Å². The number of aryl methyl sites for hydroxylation is 2. The maximum absolute atomic E-state index is 14.5. The normalized spacial score (nSPS) is 18.2. The Morgan fingerprint density at radius 1 is 0.917 bits per heavy atom. The van der Waals surface area contributed by atoms with Crippen LogP contribution in [0.3, 0.4) is 0 Å². The third-order valence-corrected chi connectivity index (χ3v) is 9.82. The van der Waals surface area contributed by atoms with E-state index in [1.165, 1.54) is 12.1 Å². The van der Waals surface area contributed by atoms with Crippen LogP contribution in [0.2, 0.25) is 0 Å². The van der Waals surface area contributed by atoms with Crippen LogP contribution in [0.5, 0.6) is 5.88 Å². The van der Waals surface area contributed by atoms with Gasteiger partial charge in [0.2, 0.25) is 11.8 Å². The summed E-state index contributed by atoms with van der Waals surface area (Å²) in [5.41, 5.74) is 4.12. The minimum atomic E-state index is -4.17. The highest BCUT2D eigenvalue weighted by Crippen LogP contribution is 2.32. The van der Waals surface area contributed by atoms with E-state index in [4.69, 9.17) is 14.5 Å². The topological polar surface area (TPSA) is 127 Å². The Kier molecular flexibility index (Phi) is 9.39. The lowest BCUT2D eigenvalue weighted by molar-refractivity contribution is 0.0509. The van der Waals surface area contributed by atoms with E-state index < -0.39 is 16.1 Å². The number of nitrogens with one attached hydrogen (secondary N) is 1. The van der Waals surface area contributed by atoms with Crippen LogP contribution in [0.25, 0.3) is 11.3 Å². The molecule has 0 spiro atoms. The number of benzene rings is 2. The van der Waals surface area contributed by atoms with Gasteiger partial charge in [-0.15, -0.1) is 0 Å². The number of carbonyl (C=O) groups excluding carboxylic acids is 1. The van der Waals surface area contributed by atoms with E-state index in [2.05, 4.69) is 40.4 Å². The maximum atomic E-state index is 14.5. The summed E-state index contributed by atoms with van der Waals surface area (Å²) < 4.78 is 41.8. The van der Waals surface area contributed by atoms with Gasteiger partial charge in [0.25, 0.3) is 15.9 Å². The fourth-order valence-electron chi connectivity index (χ4n) is 6.24. The molecule has 48 heavy (non-hydrogen) atoms. The number of hydrogen-bond donors (Lipinski definition) is 1. The molecule has 2 aromatic carbocycles. The second kappa shape index (κ2) is 13.5. The molecule has 1 atom stereocenters. The standard InChI is InChI=1S/C36H42N6O5S/c1-24-9-6-10-25(2)33(24)30-20-32-39-35(38-30)40-48(44,45)29-13-7-11-26(19-29)34(43)42(28(23-47-32)21-36(3,4)5)22-27-12-8-14-31(37-27)41-15-17-46-18-16-41/h6-14,19-20,28H,15-18,21-23H2,1-5H3,(H,38,39,40)/t28-/m1/s1. The largest absolute Gasteiger partial charge is 0.475 e. The van der Waals surface area contributed by atoms with Crippen molar-refractivity contribution in [1.29, 1.82) is 0 Å². The van der Waals surface area contributed by atoms with E-state index in [1.807, 2.05) is 50.2 Å². The second-order valence-electron chi connectivity index (χ2n) is 13.6. The molecule has 4 heterocycles. The van der Waals surface area contributed by atoms with Crippen LogP contribution < -0.4 is 14.4 Å². The van der Waals surface area contributed by atoms with E-state index in [0.717, 1.165) is 35.6 Å². The Balaban J connectivity index is 1.46. The van der Waals surface area contributed by atoms with E-state index in [9.17, 15) is 13.2 Å². The van der Waals surface area contributed by atoms with Gasteiger partial charge in [0.15, 0.2) is 0 Å². The molecule has 1 fully saturated rings. The van der Waals surface area contributed by atoms with Gasteiger partial charge < -0.3 is 19.3 Å². The second-order valence-corrected chi connectivity index (χ2v) is 15.2. The molecule has 6 rings (SSSR count). The summed E-state index contributed by atoms with van der Waals surface area (Å²) >= 11 is 0. The summed E-state index contributed by atoms with van der Waals surface area (Å²) in [7, 11) is -4.17. The van der Waals surface area contributed by atoms with Crippen molar-refractivity contribution in [3.8, 4) is 17.1 Å². The molecule has 1 N–H and O–H groups in total. The summed E-state index contributed by atoms with van der Waals surface area (Å²) in [4.78, 5) is 32.4. The van der Waals surface area contributed by atoms with Crippen LogP contribution in [0, 0.1) is 19.3 Å². The van der Waals surface area contributed by atoms with Gasteiger partial charge in [-0.2, -0.15) is 4.98 Å². The fourth-order valence-corrected chi connectivity index (χ4v) is 7.23. The minimum absolute atomic E-state index is 0.0732. The number of hydrogen-bond acceptors (Lipinski definition) is 9. The van der Waals surface area contributed by atoms with Crippen LogP contribution in [0.15, 0.2) is 71.6 Å². The van der Waals surface area contributed by atoms with Crippen LogP contribution >= 0.6 is 0 Å². The molecule has 0 saturated carbocycles. The molecule has 1 amide bonds. The molecule has 4 aromatic rings. The predicted octanol–water partition coefficient (Wildman–Crippen LogP) is 5.63. The number of ether oxygens (including phenoxy) is 2. The average molecular weight is 671 g/mol. The summed E-state index contributed by atoms with van der Waals surface area (Å²) in [5.74, 6) is 0.584. The van der Waals surface area contributed by atoms with Crippen LogP contribution in [-0.2, 0) is 21.3 Å². The van der Waals surface area contributed by atoms with Crippen molar-refractivity contribution in [2.75, 3.05) is 42.5 Å². The smallest absolute Gasteiger partial charge is 0.264 e. The number of aromatic nitrogens is 3. The molecule has 0 aliphatic carbocycles. The molecule has 0 radical (unpaired) electrons. The molecule has 252 valence electrons. The molecule has 12 heteroatoms. The van der Waals surface area contributed by atoms with Crippen molar-refractivity contribution >= 4 is 27.7 Å². The van der Waals surface area contributed by atoms with Crippen molar-refractivity contribution in [3.63, 3.8) is 0 Å². The monoisotopic (exact) mass is 670 g/mol. The Bertz CT molecular complexity index is 1900. The molecule has 2 aliphatic heterocycles. The number of morpholine rings is 1. The van der Waals surface area contributed by atoms with Crippen LogP contribution in [0.1, 0.15) is 54.4 Å². The van der Waals surface area contributed by atoms with E-state index in [-0.39, 0.29) is 46.8 Å². The lowest BCUT2D eigenvalue weighted by atomic mass is 9.87. The highest BCUT2D eigenvalue weighted by molar-refractivity contribution is 7.92. The number of fused-ring (bicyclic) bond motifs is 4.